The van der Waals surface area contributed by atoms with Crippen LogP contribution in [0, 0.1) is 0 Å². The number of ketones is 1. The Morgan fingerprint density at radius 3 is 2.81 bits per heavy atom. The molecule has 0 radical (unpaired) electrons. The van der Waals surface area contributed by atoms with Crippen LogP contribution in [0.3, 0.4) is 0 Å². The third-order valence-corrected chi connectivity index (χ3v) is 6.50. The van der Waals surface area contributed by atoms with E-state index < -0.39 is 0 Å². The predicted molar refractivity (Wildman–Crippen MR) is 109 cm³/mol. The molecule has 1 N–H and O–H groups in total. The van der Waals surface area contributed by atoms with Crippen LogP contribution in [0.5, 0.6) is 0 Å². The molecule has 2 aromatic heterocycles. The number of carbonyl (C=O) groups excluding carboxylic acids is 2. The Labute approximate surface area is 162 Å². The van der Waals surface area contributed by atoms with E-state index in [1.54, 1.807) is 12.3 Å². The number of carbonyl (C=O) groups is 2. The summed E-state index contributed by atoms with van der Waals surface area (Å²) < 4.78 is 0. The van der Waals surface area contributed by atoms with Crippen molar-refractivity contribution < 1.29 is 9.59 Å². The highest BCUT2D eigenvalue weighted by Crippen LogP contribution is 2.42. The second-order valence-electron chi connectivity index (χ2n) is 7.21. The number of hydrogen-bond acceptors (Lipinski definition) is 6. The van der Waals surface area contributed by atoms with Crippen LogP contribution in [0.25, 0.3) is 10.2 Å². The molecule has 0 bridgehead atoms. The standard InChI is InChI=1S/C20H24N4O2S/c1-2-16(26)23-14-9-10-21-20-17(14)18-19(27-20)15(25)11-24(12-22-18)13-7-5-3-4-6-8-13/h9-10,12-13H,2-8,11H2,1H3,(H,21,23,26). The van der Waals surface area contributed by atoms with Gasteiger partial charge in [0.2, 0.25) is 5.91 Å². The lowest BCUT2D eigenvalue weighted by molar-refractivity contribution is -0.115. The number of anilines is 1. The maximum absolute atomic E-state index is 13.0. The maximum Gasteiger partial charge on any atom is 0.224 e. The van der Waals surface area contributed by atoms with Crippen molar-refractivity contribution in [3.8, 4) is 0 Å². The van der Waals surface area contributed by atoms with Gasteiger partial charge in [-0.15, -0.1) is 11.3 Å². The normalized spacial score (nSPS) is 18.3. The summed E-state index contributed by atoms with van der Waals surface area (Å²) in [4.78, 5) is 37.5. The number of nitrogens with zero attached hydrogens (tertiary/aromatic N) is 3. The van der Waals surface area contributed by atoms with Crippen LogP contribution in [0.1, 0.15) is 61.5 Å². The summed E-state index contributed by atoms with van der Waals surface area (Å²) in [5, 5.41) is 3.69. The van der Waals surface area contributed by atoms with Crippen molar-refractivity contribution in [3.05, 3.63) is 17.1 Å². The van der Waals surface area contributed by atoms with Crippen molar-refractivity contribution in [1.29, 1.82) is 0 Å². The molecule has 1 amide bonds. The molecule has 1 aliphatic heterocycles. The summed E-state index contributed by atoms with van der Waals surface area (Å²) in [5.74, 6) is 0.0222. The van der Waals surface area contributed by atoms with Crippen LogP contribution in [0.4, 0.5) is 11.4 Å². The van der Waals surface area contributed by atoms with Crippen molar-refractivity contribution in [3.63, 3.8) is 0 Å². The predicted octanol–water partition coefficient (Wildman–Crippen LogP) is 4.53. The van der Waals surface area contributed by atoms with Crippen LogP contribution in [0.15, 0.2) is 17.3 Å². The molecule has 1 saturated carbocycles. The number of nitrogens with one attached hydrogen (secondary N) is 1. The Kier molecular flexibility index (Phi) is 5.20. The van der Waals surface area contributed by atoms with Crippen LogP contribution < -0.4 is 5.32 Å². The minimum Gasteiger partial charge on any atom is -0.352 e. The molecule has 0 saturated heterocycles. The average molecular weight is 385 g/mol. The largest absolute Gasteiger partial charge is 0.352 e. The maximum atomic E-state index is 13.0. The minimum atomic E-state index is -0.0635. The van der Waals surface area contributed by atoms with Gasteiger partial charge in [-0.05, 0) is 18.9 Å². The zero-order valence-corrected chi connectivity index (χ0v) is 16.3. The lowest BCUT2D eigenvalue weighted by Gasteiger charge is -2.27. The fourth-order valence-corrected chi connectivity index (χ4v) is 4.93. The number of amides is 1. The molecule has 142 valence electrons. The molecule has 2 aliphatic rings. The van der Waals surface area contributed by atoms with Gasteiger partial charge in [-0.3, -0.25) is 9.59 Å². The Bertz CT molecular complexity index is 897. The number of aromatic nitrogens is 1. The van der Waals surface area contributed by atoms with Crippen molar-refractivity contribution in [2.24, 2.45) is 4.99 Å². The summed E-state index contributed by atoms with van der Waals surface area (Å²) in [7, 11) is 0. The molecule has 7 heteroatoms. The molecule has 0 aromatic carbocycles. The van der Waals surface area contributed by atoms with Crippen LogP contribution in [-0.2, 0) is 4.79 Å². The quantitative estimate of drug-likeness (QED) is 0.789. The second kappa shape index (κ2) is 7.76. The van der Waals surface area contributed by atoms with E-state index in [0.717, 1.165) is 23.1 Å². The van der Waals surface area contributed by atoms with E-state index in [2.05, 4.69) is 15.2 Å². The Balaban J connectivity index is 1.72. The molecule has 1 fully saturated rings. The number of thiophene rings is 1. The van der Waals surface area contributed by atoms with Gasteiger partial charge in [0.15, 0.2) is 5.78 Å². The average Bonchev–Trinajstić information content (AvgIpc) is 2.80. The van der Waals surface area contributed by atoms with E-state index in [1.165, 1.54) is 37.0 Å². The monoisotopic (exact) mass is 384 g/mol. The number of fused-ring (bicyclic) bond motifs is 3. The van der Waals surface area contributed by atoms with E-state index in [4.69, 9.17) is 4.99 Å². The molecule has 1 aliphatic carbocycles. The van der Waals surface area contributed by atoms with Crippen LogP contribution in [-0.4, -0.2) is 40.5 Å². The van der Waals surface area contributed by atoms with Gasteiger partial charge in [0, 0.05) is 18.7 Å². The van der Waals surface area contributed by atoms with Gasteiger partial charge in [0.25, 0.3) is 0 Å². The topological polar surface area (TPSA) is 74.7 Å². The van der Waals surface area contributed by atoms with Gasteiger partial charge in [-0.25, -0.2) is 9.98 Å². The number of aliphatic imine (C=N–C) groups is 1. The molecule has 6 nitrogen and oxygen atoms in total. The minimum absolute atomic E-state index is 0.0635. The first-order valence-electron chi connectivity index (χ1n) is 9.72. The first-order chi connectivity index (χ1) is 13.2. The lowest BCUT2D eigenvalue weighted by Crippen LogP contribution is -2.37. The molecule has 0 atom stereocenters. The Morgan fingerprint density at radius 2 is 2.07 bits per heavy atom. The fourth-order valence-electron chi connectivity index (χ4n) is 3.89. The van der Waals surface area contributed by atoms with Gasteiger partial charge in [-0.2, -0.15) is 0 Å². The van der Waals surface area contributed by atoms with Gasteiger partial charge >= 0.3 is 0 Å². The number of pyridine rings is 1. The Morgan fingerprint density at radius 1 is 1.30 bits per heavy atom. The van der Waals surface area contributed by atoms with E-state index >= 15 is 0 Å². The summed E-state index contributed by atoms with van der Waals surface area (Å²) in [6, 6.07) is 2.16. The van der Waals surface area contributed by atoms with Crippen molar-refractivity contribution in [2.75, 3.05) is 11.9 Å². The molecule has 27 heavy (non-hydrogen) atoms. The third-order valence-electron chi connectivity index (χ3n) is 5.37. The molecular weight excluding hydrogens is 360 g/mol. The highest BCUT2D eigenvalue weighted by molar-refractivity contribution is 7.21. The van der Waals surface area contributed by atoms with Crippen LogP contribution in [0.2, 0.25) is 0 Å². The molecule has 0 unspecified atom stereocenters. The highest BCUT2D eigenvalue weighted by atomic mass is 32.1. The summed E-state index contributed by atoms with van der Waals surface area (Å²) in [6.07, 6.45) is 11.1. The summed E-state index contributed by atoms with van der Waals surface area (Å²) >= 11 is 1.37. The van der Waals surface area contributed by atoms with Crippen molar-refractivity contribution >= 4 is 51.0 Å². The summed E-state index contributed by atoms with van der Waals surface area (Å²) in [5.41, 5.74) is 1.33. The molecule has 2 aromatic rings. The van der Waals surface area contributed by atoms with Gasteiger partial charge in [0.1, 0.15) is 9.71 Å². The van der Waals surface area contributed by atoms with Gasteiger partial charge < -0.3 is 10.2 Å². The fraction of sp³-hybridized carbons (Fsp3) is 0.500. The molecule has 3 heterocycles. The van der Waals surface area contributed by atoms with E-state index in [9.17, 15) is 9.59 Å². The van der Waals surface area contributed by atoms with E-state index in [0.29, 0.717) is 35.3 Å². The van der Waals surface area contributed by atoms with Crippen LogP contribution >= 0.6 is 11.3 Å². The number of rotatable bonds is 3. The van der Waals surface area contributed by atoms with Crippen molar-refractivity contribution in [1.82, 2.24) is 9.88 Å². The van der Waals surface area contributed by atoms with E-state index in [1.807, 2.05) is 13.3 Å². The second-order valence-corrected chi connectivity index (χ2v) is 8.20. The number of hydrogen-bond donors (Lipinski definition) is 1. The SMILES string of the molecule is CCC(=O)Nc1ccnc2sc3c(c12)N=CN(C1CCCCCC1)CC3=O. The first kappa shape index (κ1) is 18.1. The lowest BCUT2D eigenvalue weighted by atomic mass is 10.1. The van der Waals surface area contributed by atoms with Gasteiger partial charge in [-0.1, -0.05) is 32.6 Å². The molecule has 4 rings (SSSR count). The molecular formula is C20H24N4O2S. The van der Waals surface area contributed by atoms with E-state index in [-0.39, 0.29) is 11.7 Å². The Hall–Kier alpha value is -2.28. The zero-order chi connectivity index (χ0) is 18.8. The molecule has 0 spiro atoms. The van der Waals surface area contributed by atoms with Crippen molar-refractivity contribution in [2.45, 2.75) is 57.9 Å². The summed E-state index contributed by atoms with van der Waals surface area (Å²) in [6.45, 7) is 2.18. The van der Waals surface area contributed by atoms with Gasteiger partial charge in [0.05, 0.1) is 29.6 Å². The third kappa shape index (κ3) is 3.60. The smallest absolute Gasteiger partial charge is 0.224 e. The highest BCUT2D eigenvalue weighted by Gasteiger charge is 2.28. The number of Topliss-reactive ketones (excluding diaryl/α,β-unsaturated/α-hetero) is 1. The zero-order valence-electron chi connectivity index (χ0n) is 15.5. The first-order valence-corrected chi connectivity index (χ1v) is 10.5.